The molecule has 0 atom stereocenters. The molecule has 8 aromatic rings. The van der Waals surface area contributed by atoms with E-state index in [0.29, 0.717) is 55.5 Å². The van der Waals surface area contributed by atoms with Gasteiger partial charge in [-0.2, -0.15) is 52.6 Å². The lowest BCUT2D eigenvalue weighted by Crippen LogP contribution is -2.32. The maximum atomic E-state index is 12.1. The molecule has 0 saturated heterocycles. The molecule has 0 bridgehead atoms. The van der Waals surface area contributed by atoms with Gasteiger partial charge in [0, 0.05) is 44.2 Å². The molecular formula is C52H52Br2Cl6N16O8S4. The minimum Gasteiger partial charge on any atom is -0.254 e. The third kappa shape index (κ3) is 22.0. The van der Waals surface area contributed by atoms with Gasteiger partial charge in [-0.3, -0.25) is 18.9 Å². The van der Waals surface area contributed by atoms with Crippen LogP contribution in [0.3, 0.4) is 0 Å². The van der Waals surface area contributed by atoms with Crippen molar-refractivity contribution in [1.29, 1.82) is 0 Å². The van der Waals surface area contributed by atoms with Gasteiger partial charge in [0.15, 0.2) is 23.3 Å². The standard InChI is InChI=1S/C14H16Cl2N4O2S.C13H12BrClN4O2S.C13H12Cl2N4O2S.C12H12BrClN4O2S/c1-2-3-8-19-23(21,22)20-14-12(13(16)17-9-18-14)10-4-6-11(15)7-5-10;2*14-9-3-1-8(2-4-9)11-12(15)16-7-17-13(11)19-22(20,21)18-10-5-6-10;1-2-17-21(19,20)18-12-10(11(14)15-7-16-12)8-3-5-9(13)6-4-8/h4-7,9,19H,2-3,8H2,1H3,(H,17,18,20);2*1-4,7,10,18H,5-6H2,(H,16,17,19);3-7,17H,2H2,1H3,(H,15,16,18). The Morgan fingerprint density at radius 3 is 0.943 bits per heavy atom. The van der Waals surface area contributed by atoms with Crippen molar-refractivity contribution in [2.24, 2.45) is 0 Å². The highest BCUT2D eigenvalue weighted by atomic mass is 79.9. The molecule has 0 aliphatic heterocycles. The fourth-order valence-corrected chi connectivity index (χ4v) is 13.1. The lowest BCUT2D eigenvalue weighted by molar-refractivity contribution is 0.582. The van der Waals surface area contributed by atoms with Crippen molar-refractivity contribution in [2.75, 3.05) is 32.0 Å². The second kappa shape index (κ2) is 32.2. The highest BCUT2D eigenvalue weighted by Crippen LogP contribution is 2.37. The maximum absolute atomic E-state index is 12.1. The van der Waals surface area contributed by atoms with Gasteiger partial charge in [0.05, 0.1) is 22.3 Å². The Balaban J connectivity index is 0.000000167. The largest absolute Gasteiger partial charge is 0.300 e. The smallest absolute Gasteiger partial charge is 0.254 e. The predicted molar refractivity (Wildman–Crippen MR) is 354 cm³/mol. The average molecular weight is 1530 g/mol. The summed E-state index contributed by atoms with van der Waals surface area (Å²) in [6.45, 7) is 4.27. The molecule has 0 radical (unpaired) electrons. The highest BCUT2D eigenvalue weighted by molar-refractivity contribution is 9.10. The predicted octanol–water partition coefficient (Wildman–Crippen LogP) is 12.1. The lowest BCUT2D eigenvalue weighted by Gasteiger charge is -2.13. The van der Waals surface area contributed by atoms with Crippen LogP contribution in [0.2, 0.25) is 30.7 Å². The molecule has 0 unspecified atom stereocenters. The van der Waals surface area contributed by atoms with E-state index in [0.717, 1.165) is 53.0 Å². The molecule has 2 aliphatic carbocycles. The van der Waals surface area contributed by atoms with E-state index in [4.69, 9.17) is 69.6 Å². The summed E-state index contributed by atoms with van der Waals surface area (Å²) in [6, 6.07) is 28.1. The number of rotatable bonds is 22. The number of nitrogens with zero attached hydrogens (tertiary/aromatic N) is 8. The molecule has 88 heavy (non-hydrogen) atoms. The molecule has 8 N–H and O–H groups in total. The summed E-state index contributed by atoms with van der Waals surface area (Å²) in [5.74, 6) is 0.500. The molecule has 2 aliphatic rings. The third-order valence-electron chi connectivity index (χ3n) is 11.6. The summed E-state index contributed by atoms with van der Waals surface area (Å²) in [6.07, 6.45) is 9.85. The zero-order chi connectivity index (χ0) is 63.8. The van der Waals surface area contributed by atoms with E-state index in [1.165, 1.54) is 25.3 Å². The molecule has 468 valence electrons. The minimum atomic E-state index is -3.74. The van der Waals surface area contributed by atoms with Crippen LogP contribution in [0.5, 0.6) is 0 Å². The molecule has 0 spiro atoms. The van der Waals surface area contributed by atoms with Crippen LogP contribution in [0.25, 0.3) is 44.5 Å². The summed E-state index contributed by atoms with van der Waals surface area (Å²) >= 11 is 42.9. The van der Waals surface area contributed by atoms with Crippen LogP contribution in [0.15, 0.2) is 131 Å². The van der Waals surface area contributed by atoms with Gasteiger partial charge >= 0.3 is 20.4 Å². The van der Waals surface area contributed by atoms with E-state index >= 15 is 0 Å². The number of unbranched alkanes of at least 4 members (excludes halogenated alkanes) is 1. The van der Waals surface area contributed by atoms with Gasteiger partial charge in [-0.15, -0.1) is 0 Å². The maximum Gasteiger partial charge on any atom is 0.300 e. The fourth-order valence-electron chi connectivity index (χ4n) is 7.31. The number of nitrogens with one attached hydrogen (secondary N) is 8. The number of aromatic nitrogens is 8. The molecule has 36 heteroatoms. The van der Waals surface area contributed by atoms with Crippen molar-refractivity contribution in [3.05, 3.63) is 162 Å². The van der Waals surface area contributed by atoms with Crippen LogP contribution in [0.1, 0.15) is 52.4 Å². The van der Waals surface area contributed by atoms with Crippen molar-refractivity contribution >= 4 is 166 Å². The van der Waals surface area contributed by atoms with E-state index in [9.17, 15) is 33.7 Å². The summed E-state index contributed by atoms with van der Waals surface area (Å²) in [5.41, 5.74) is 4.42. The quantitative estimate of drug-likeness (QED) is 0.0231. The summed E-state index contributed by atoms with van der Waals surface area (Å²) in [5, 5.41) is 1.78. The minimum absolute atomic E-state index is 0.00550. The topological polar surface area (TPSA) is 336 Å². The molecule has 2 saturated carbocycles. The first-order valence-electron chi connectivity index (χ1n) is 25.9. The SMILES string of the molecule is CCCCNS(=O)(=O)Nc1ncnc(Cl)c1-c1ccc(Cl)cc1.CCNS(=O)(=O)Nc1ncnc(Cl)c1-c1ccc(Br)cc1.O=S(=O)(Nc1ncnc(Cl)c1-c1ccc(Br)cc1)NC1CC1.O=S(=O)(Nc1ncnc(Cl)c1-c1ccc(Cl)cc1)NC1CC1. The number of benzene rings is 4. The van der Waals surface area contributed by atoms with Gasteiger partial charge in [-0.05, 0) is 103 Å². The molecule has 4 aromatic carbocycles. The zero-order valence-electron chi connectivity index (χ0n) is 45.9. The van der Waals surface area contributed by atoms with Crippen LogP contribution in [0, 0.1) is 0 Å². The Bertz CT molecular complexity index is 4030. The molecule has 10 rings (SSSR count). The number of hydrogen-bond acceptors (Lipinski definition) is 16. The molecule has 0 amide bonds. The van der Waals surface area contributed by atoms with E-state index in [2.05, 4.69) is 110 Å². The van der Waals surface area contributed by atoms with Gasteiger partial charge in [-0.25, -0.2) is 39.9 Å². The number of halogens is 8. The first-order valence-corrected chi connectivity index (χ1v) is 35.7. The van der Waals surface area contributed by atoms with Crippen molar-refractivity contribution < 1.29 is 33.7 Å². The summed E-state index contributed by atoms with van der Waals surface area (Å²) < 4.78 is 117. The van der Waals surface area contributed by atoms with Gasteiger partial charge in [0.25, 0.3) is 20.4 Å². The summed E-state index contributed by atoms with van der Waals surface area (Å²) in [7, 11) is -14.8. The van der Waals surface area contributed by atoms with E-state index in [-0.39, 0.29) is 62.5 Å². The lowest BCUT2D eigenvalue weighted by atomic mass is 10.1. The fraction of sp³-hybridized carbons (Fsp3) is 0.231. The first kappa shape index (κ1) is 70.2. The molecule has 24 nitrogen and oxygen atoms in total. The van der Waals surface area contributed by atoms with E-state index in [1.54, 1.807) is 79.7 Å². The number of hydrogen-bond donors (Lipinski definition) is 8. The van der Waals surface area contributed by atoms with Crippen LogP contribution in [0.4, 0.5) is 23.3 Å². The molecular weight excluding hydrogens is 1480 g/mol. The monoisotopic (exact) mass is 1520 g/mol. The Morgan fingerprint density at radius 2 is 0.670 bits per heavy atom. The second-order valence-electron chi connectivity index (χ2n) is 18.5. The Kier molecular flexibility index (Phi) is 25.6. The van der Waals surface area contributed by atoms with E-state index in [1.807, 2.05) is 31.2 Å². The van der Waals surface area contributed by atoms with Crippen molar-refractivity contribution in [3.63, 3.8) is 0 Å². The van der Waals surface area contributed by atoms with Crippen LogP contribution < -0.4 is 37.8 Å². The van der Waals surface area contributed by atoms with Crippen molar-refractivity contribution in [1.82, 2.24) is 58.8 Å². The normalized spacial score (nSPS) is 13.1. The van der Waals surface area contributed by atoms with Gasteiger partial charge in [0.2, 0.25) is 0 Å². The number of anilines is 4. The Morgan fingerprint density at radius 1 is 0.398 bits per heavy atom. The van der Waals surface area contributed by atoms with Crippen LogP contribution in [-0.4, -0.2) is 98.7 Å². The first-order chi connectivity index (χ1) is 41.7. The Hall–Kier alpha value is -5.26. The zero-order valence-corrected chi connectivity index (χ0v) is 56.8. The van der Waals surface area contributed by atoms with Gasteiger partial charge in [0.1, 0.15) is 45.9 Å². The van der Waals surface area contributed by atoms with Crippen molar-refractivity contribution in [3.8, 4) is 44.5 Å². The van der Waals surface area contributed by atoms with Crippen LogP contribution >= 0.6 is 101 Å². The van der Waals surface area contributed by atoms with Gasteiger partial charge < -0.3 is 0 Å². The van der Waals surface area contributed by atoms with E-state index < -0.39 is 40.8 Å². The third-order valence-corrected chi connectivity index (χ3v) is 18.7. The highest BCUT2D eigenvalue weighted by Gasteiger charge is 2.30. The average Bonchev–Trinajstić information content (AvgIpc) is 3.26. The summed E-state index contributed by atoms with van der Waals surface area (Å²) in [4.78, 5) is 31.6. The molecule has 4 aromatic heterocycles. The Labute approximate surface area is 556 Å². The molecule has 2 fully saturated rings. The molecule has 4 heterocycles. The van der Waals surface area contributed by atoms with Crippen LogP contribution in [-0.2, 0) is 40.8 Å². The van der Waals surface area contributed by atoms with Crippen molar-refractivity contribution in [2.45, 2.75) is 64.5 Å². The van der Waals surface area contributed by atoms with Gasteiger partial charge in [-0.1, -0.05) is 170 Å². The second-order valence-corrected chi connectivity index (χ2v) is 28.6.